The van der Waals surface area contributed by atoms with Crippen LogP contribution in [0, 0.1) is 0 Å². The van der Waals surface area contributed by atoms with Gasteiger partial charge in [-0.2, -0.15) is 0 Å². The summed E-state index contributed by atoms with van der Waals surface area (Å²) in [4.78, 5) is 13.6. The summed E-state index contributed by atoms with van der Waals surface area (Å²) in [6, 6.07) is 3.81. The van der Waals surface area contributed by atoms with Gasteiger partial charge in [-0.3, -0.25) is 4.79 Å². The van der Waals surface area contributed by atoms with Gasteiger partial charge >= 0.3 is 0 Å². The van der Waals surface area contributed by atoms with E-state index in [9.17, 15) is 4.79 Å². The molecule has 2 heterocycles. The van der Waals surface area contributed by atoms with Crippen molar-refractivity contribution in [1.29, 1.82) is 0 Å². The maximum absolute atomic E-state index is 10.6. The summed E-state index contributed by atoms with van der Waals surface area (Å²) in [6.45, 7) is 1.63. The predicted molar refractivity (Wildman–Crippen MR) is 63.5 cm³/mol. The average molecular weight is 241 g/mol. The summed E-state index contributed by atoms with van der Waals surface area (Å²) in [5.41, 5.74) is 0. The molecular weight excluding hydrogens is 226 g/mol. The third-order valence-electron chi connectivity index (χ3n) is 2.86. The lowest BCUT2D eigenvalue weighted by atomic mass is 10.3. The molecule has 0 spiro atoms. The van der Waals surface area contributed by atoms with E-state index in [1.807, 2.05) is 12.1 Å². The molecule has 1 aromatic heterocycles. The van der Waals surface area contributed by atoms with Crippen LogP contribution in [-0.4, -0.2) is 45.8 Å². The molecule has 0 aliphatic carbocycles. The lowest BCUT2D eigenvalue weighted by Gasteiger charge is -2.14. The van der Waals surface area contributed by atoms with Crippen LogP contribution in [0.25, 0.3) is 0 Å². The Labute approximate surface area is 98.8 Å². The standard InChI is InChI=1S/C11H15NO3S/c1-14-9-5-12(6-10(9)15-2)11-4-3-8(7-13)16-11/h3-4,7,9-10H,5-6H2,1-2H3. The molecule has 1 aliphatic rings. The summed E-state index contributed by atoms with van der Waals surface area (Å²) in [5, 5.41) is 1.10. The van der Waals surface area contributed by atoms with E-state index in [1.165, 1.54) is 11.3 Å². The number of rotatable bonds is 4. The van der Waals surface area contributed by atoms with Crippen LogP contribution in [-0.2, 0) is 9.47 Å². The molecule has 2 unspecified atom stereocenters. The van der Waals surface area contributed by atoms with Crippen molar-refractivity contribution in [2.75, 3.05) is 32.2 Å². The van der Waals surface area contributed by atoms with E-state index < -0.39 is 0 Å². The molecule has 0 bridgehead atoms. The van der Waals surface area contributed by atoms with Crippen LogP contribution in [0.5, 0.6) is 0 Å². The van der Waals surface area contributed by atoms with Crippen molar-refractivity contribution in [3.63, 3.8) is 0 Å². The highest BCUT2D eigenvalue weighted by atomic mass is 32.1. The number of carbonyl (C=O) groups excluding carboxylic acids is 1. The average Bonchev–Trinajstić information content (AvgIpc) is 2.94. The second-order valence-corrected chi connectivity index (χ2v) is 4.84. The first-order valence-corrected chi connectivity index (χ1v) is 5.95. The van der Waals surface area contributed by atoms with E-state index in [1.54, 1.807) is 14.2 Å². The van der Waals surface area contributed by atoms with Crippen molar-refractivity contribution >= 4 is 22.6 Å². The molecule has 1 aromatic rings. The van der Waals surface area contributed by atoms with Crippen molar-refractivity contribution < 1.29 is 14.3 Å². The van der Waals surface area contributed by atoms with Gasteiger partial charge in [-0.25, -0.2) is 0 Å². The lowest BCUT2D eigenvalue weighted by molar-refractivity contribution is -0.00461. The molecule has 1 aliphatic heterocycles. The summed E-state index contributed by atoms with van der Waals surface area (Å²) in [6.07, 6.45) is 1.09. The third kappa shape index (κ3) is 2.11. The third-order valence-corrected chi connectivity index (χ3v) is 3.93. The molecule has 4 nitrogen and oxygen atoms in total. The number of hydrogen-bond donors (Lipinski definition) is 0. The first-order valence-electron chi connectivity index (χ1n) is 5.14. The Kier molecular flexibility index (Phi) is 3.58. The lowest BCUT2D eigenvalue weighted by Crippen LogP contribution is -2.27. The number of anilines is 1. The molecule has 0 radical (unpaired) electrons. The fourth-order valence-electron chi connectivity index (χ4n) is 1.95. The summed E-state index contributed by atoms with van der Waals surface area (Å²) < 4.78 is 10.7. The van der Waals surface area contributed by atoms with Crippen LogP contribution in [0.1, 0.15) is 9.67 Å². The second kappa shape index (κ2) is 4.95. The molecule has 16 heavy (non-hydrogen) atoms. The van der Waals surface area contributed by atoms with Gasteiger partial charge in [0.2, 0.25) is 0 Å². The number of carbonyl (C=O) groups is 1. The fraction of sp³-hybridized carbons (Fsp3) is 0.545. The summed E-state index contributed by atoms with van der Waals surface area (Å²) >= 11 is 1.50. The number of methoxy groups -OCH3 is 2. The van der Waals surface area contributed by atoms with Gasteiger partial charge in [-0.15, -0.1) is 11.3 Å². The smallest absolute Gasteiger partial charge is 0.160 e. The van der Waals surface area contributed by atoms with Gasteiger partial charge in [0.05, 0.1) is 9.88 Å². The minimum atomic E-state index is 0.104. The highest BCUT2D eigenvalue weighted by Gasteiger charge is 2.33. The Morgan fingerprint density at radius 2 is 1.94 bits per heavy atom. The number of aldehydes is 1. The highest BCUT2D eigenvalue weighted by Crippen LogP contribution is 2.29. The Morgan fingerprint density at radius 1 is 1.31 bits per heavy atom. The van der Waals surface area contributed by atoms with Crippen LogP contribution < -0.4 is 4.90 Å². The molecule has 0 saturated carbocycles. The Bertz CT molecular complexity index is 354. The van der Waals surface area contributed by atoms with Crippen molar-refractivity contribution in [1.82, 2.24) is 0 Å². The monoisotopic (exact) mass is 241 g/mol. The van der Waals surface area contributed by atoms with Crippen LogP contribution in [0.2, 0.25) is 0 Å². The summed E-state index contributed by atoms with van der Waals surface area (Å²) in [7, 11) is 3.40. The van der Waals surface area contributed by atoms with E-state index >= 15 is 0 Å². The normalized spacial score (nSPS) is 25.0. The van der Waals surface area contributed by atoms with Crippen LogP contribution >= 0.6 is 11.3 Å². The zero-order chi connectivity index (χ0) is 11.5. The topological polar surface area (TPSA) is 38.8 Å². The van der Waals surface area contributed by atoms with E-state index in [-0.39, 0.29) is 12.2 Å². The number of hydrogen-bond acceptors (Lipinski definition) is 5. The zero-order valence-corrected chi connectivity index (χ0v) is 10.2. The number of nitrogens with zero attached hydrogens (tertiary/aromatic N) is 1. The molecule has 2 atom stereocenters. The largest absolute Gasteiger partial charge is 0.377 e. The number of thiophene rings is 1. The van der Waals surface area contributed by atoms with E-state index in [4.69, 9.17) is 9.47 Å². The molecule has 1 saturated heterocycles. The summed E-state index contributed by atoms with van der Waals surface area (Å²) in [5.74, 6) is 0. The maximum atomic E-state index is 10.6. The van der Waals surface area contributed by atoms with E-state index in [0.717, 1.165) is 29.3 Å². The van der Waals surface area contributed by atoms with Gasteiger partial charge in [0.1, 0.15) is 12.2 Å². The van der Waals surface area contributed by atoms with Crippen molar-refractivity contribution in [3.8, 4) is 0 Å². The molecule has 1 fully saturated rings. The molecule has 0 amide bonds. The SMILES string of the molecule is COC1CN(c2ccc(C=O)s2)CC1OC. The molecular formula is C11H15NO3S. The minimum Gasteiger partial charge on any atom is -0.377 e. The van der Waals surface area contributed by atoms with Crippen molar-refractivity contribution in [2.24, 2.45) is 0 Å². The molecule has 5 heteroatoms. The van der Waals surface area contributed by atoms with Gasteiger partial charge in [0, 0.05) is 27.3 Å². The van der Waals surface area contributed by atoms with Gasteiger partial charge < -0.3 is 14.4 Å². The maximum Gasteiger partial charge on any atom is 0.160 e. The van der Waals surface area contributed by atoms with Crippen molar-refractivity contribution in [3.05, 3.63) is 17.0 Å². The van der Waals surface area contributed by atoms with Gasteiger partial charge in [-0.05, 0) is 12.1 Å². The van der Waals surface area contributed by atoms with Gasteiger partial charge in [0.15, 0.2) is 6.29 Å². The first kappa shape index (κ1) is 11.6. The Morgan fingerprint density at radius 3 is 2.38 bits per heavy atom. The second-order valence-electron chi connectivity index (χ2n) is 3.75. The Hall–Kier alpha value is -0.910. The van der Waals surface area contributed by atoms with Gasteiger partial charge in [0.25, 0.3) is 0 Å². The van der Waals surface area contributed by atoms with Crippen LogP contribution in [0.4, 0.5) is 5.00 Å². The van der Waals surface area contributed by atoms with Crippen molar-refractivity contribution in [2.45, 2.75) is 12.2 Å². The molecule has 2 rings (SSSR count). The quantitative estimate of drug-likeness (QED) is 0.747. The molecule has 0 aromatic carbocycles. The predicted octanol–water partition coefficient (Wildman–Crippen LogP) is 1.41. The molecule has 0 N–H and O–H groups in total. The fourth-order valence-corrected chi connectivity index (χ4v) is 2.79. The minimum absolute atomic E-state index is 0.104. The zero-order valence-electron chi connectivity index (χ0n) is 9.38. The Balaban J connectivity index is 2.09. The first-order chi connectivity index (χ1) is 7.78. The highest BCUT2D eigenvalue weighted by molar-refractivity contribution is 7.17. The van der Waals surface area contributed by atoms with Crippen LogP contribution in [0.15, 0.2) is 12.1 Å². The van der Waals surface area contributed by atoms with E-state index in [2.05, 4.69) is 4.90 Å². The molecule has 88 valence electrons. The van der Waals surface area contributed by atoms with Gasteiger partial charge in [-0.1, -0.05) is 0 Å². The number of ether oxygens (including phenoxy) is 2. The van der Waals surface area contributed by atoms with Crippen LogP contribution in [0.3, 0.4) is 0 Å². The van der Waals surface area contributed by atoms with E-state index in [0.29, 0.717) is 0 Å².